The van der Waals surface area contributed by atoms with Gasteiger partial charge in [-0.3, -0.25) is 9.59 Å². The molecule has 0 atom stereocenters. The van der Waals surface area contributed by atoms with Crippen molar-refractivity contribution < 1.29 is 14.3 Å². The number of hydrogen-bond acceptors (Lipinski definition) is 3. The molecule has 5 nitrogen and oxygen atoms in total. The Hall–Kier alpha value is -2.82. The maximum atomic E-state index is 12.5. The molecule has 0 unspecified atom stereocenters. The molecule has 0 aliphatic carbocycles. The van der Waals surface area contributed by atoms with Gasteiger partial charge < -0.3 is 15.0 Å². The molecule has 1 aliphatic rings. The van der Waals surface area contributed by atoms with Crippen LogP contribution < -0.4 is 10.1 Å². The molecular weight excluding hydrogens is 316 g/mol. The molecule has 130 valence electrons. The van der Waals surface area contributed by atoms with Gasteiger partial charge in [0.1, 0.15) is 5.75 Å². The maximum absolute atomic E-state index is 12.5. The molecule has 0 saturated carbocycles. The lowest BCUT2D eigenvalue weighted by Gasteiger charge is -2.26. The van der Waals surface area contributed by atoms with Crippen molar-refractivity contribution in [3.63, 3.8) is 0 Å². The molecule has 0 aromatic heterocycles. The van der Waals surface area contributed by atoms with Crippen LogP contribution in [0.25, 0.3) is 0 Å². The number of amides is 2. The van der Waals surface area contributed by atoms with E-state index in [4.69, 9.17) is 4.74 Å². The maximum Gasteiger partial charge on any atom is 0.262 e. The molecule has 5 heteroatoms. The highest BCUT2D eigenvalue weighted by Gasteiger charge is 2.18. The van der Waals surface area contributed by atoms with Crippen molar-refractivity contribution in [1.82, 2.24) is 4.90 Å². The van der Waals surface area contributed by atoms with Crippen LogP contribution in [-0.4, -0.2) is 36.4 Å². The van der Waals surface area contributed by atoms with Crippen LogP contribution in [0.15, 0.2) is 54.6 Å². The van der Waals surface area contributed by atoms with Crippen molar-refractivity contribution in [2.75, 3.05) is 25.0 Å². The van der Waals surface area contributed by atoms with E-state index in [1.807, 2.05) is 23.1 Å². The molecule has 1 aliphatic heterocycles. The van der Waals surface area contributed by atoms with E-state index >= 15 is 0 Å². The third-order valence-corrected chi connectivity index (χ3v) is 4.15. The second-order valence-corrected chi connectivity index (χ2v) is 6.08. The quantitative estimate of drug-likeness (QED) is 0.910. The average Bonchev–Trinajstić information content (AvgIpc) is 2.67. The van der Waals surface area contributed by atoms with Gasteiger partial charge in [-0.15, -0.1) is 0 Å². The van der Waals surface area contributed by atoms with Gasteiger partial charge >= 0.3 is 0 Å². The molecule has 0 radical (unpaired) electrons. The molecule has 2 amide bonds. The summed E-state index contributed by atoms with van der Waals surface area (Å²) >= 11 is 0. The number of nitrogens with one attached hydrogen (secondary N) is 1. The smallest absolute Gasteiger partial charge is 0.262 e. The lowest BCUT2D eigenvalue weighted by Crippen LogP contribution is -2.35. The lowest BCUT2D eigenvalue weighted by atomic mass is 10.1. The van der Waals surface area contributed by atoms with Crippen LogP contribution in [0.4, 0.5) is 5.69 Å². The molecule has 1 fully saturated rings. The molecular formula is C20H22N2O3. The fourth-order valence-corrected chi connectivity index (χ4v) is 2.87. The van der Waals surface area contributed by atoms with Crippen LogP contribution in [0.2, 0.25) is 0 Å². The van der Waals surface area contributed by atoms with Crippen molar-refractivity contribution in [3.8, 4) is 5.75 Å². The Bertz CT molecular complexity index is 725. The Morgan fingerprint density at radius 3 is 2.48 bits per heavy atom. The topological polar surface area (TPSA) is 58.6 Å². The number of rotatable bonds is 5. The predicted octanol–water partition coefficient (Wildman–Crippen LogP) is 3.33. The van der Waals surface area contributed by atoms with Gasteiger partial charge in [-0.25, -0.2) is 0 Å². The van der Waals surface area contributed by atoms with Gasteiger partial charge in [0, 0.05) is 24.3 Å². The summed E-state index contributed by atoms with van der Waals surface area (Å²) in [7, 11) is 0. The van der Waals surface area contributed by atoms with Crippen molar-refractivity contribution in [3.05, 3.63) is 60.2 Å². The van der Waals surface area contributed by atoms with E-state index in [2.05, 4.69) is 5.32 Å². The number of ether oxygens (including phenoxy) is 1. The first-order chi connectivity index (χ1) is 12.2. The minimum absolute atomic E-state index is 0.0244. The first-order valence-corrected chi connectivity index (χ1v) is 8.59. The number of carbonyl (C=O) groups excluding carboxylic acids is 2. The number of piperidine rings is 1. The number of nitrogens with zero attached hydrogens (tertiary/aromatic N) is 1. The molecule has 25 heavy (non-hydrogen) atoms. The van der Waals surface area contributed by atoms with E-state index in [9.17, 15) is 9.59 Å². The van der Waals surface area contributed by atoms with E-state index in [0.29, 0.717) is 17.0 Å². The van der Waals surface area contributed by atoms with Gasteiger partial charge in [0.2, 0.25) is 0 Å². The second kappa shape index (κ2) is 8.33. The number of likely N-dealkylation sites (tertiary alicyclic amines) is 1. The molecule has 3 rings (SSSR count). The first kappa shape index (κ1) is 17.0. The highest BCUT2D eigenvalue weighted by Crippen LogP contribution is 2.16. The molecule has 1 N–H and O–H groups in total. The number of benzene rings is 2. The summed E-state index contributed by atoms with van der Waals surface area (Å²) in [6.45, 7) is 1.54. The van der Waals surface area contributed by atoms with E-state index in [1.54, 1.807) is 36.4 Å². The van der Waals surface area contributed by atoms with Crippen LogP contribution in [0.3, 0.4) is 0 Å². The Balaban J connectivity index is 1.57. The van der Waals surface area contributed by atoms with E-state index in [0.717, 1.165) is 25.9 Å². The van der Waals surface area contributed by atoms with E-state index < -0.39 is 0 Å². The Kier molecular flexibility index (Phi) is 5.67. The third kappa shape index (κ3) is 4.83. The van der Waals surface area contributed by atoms with E-state index in [1.165, 1.54) is 6.42 Å². The van der Waals surface area contributed by atoms with Crippen LogP contribution in [-0.2, 0) is 4.79 Å². The summed E-state index contributed by atoms with van der Waals surface area (Å²) in [4.78, 5) is 26.5. The zero-order valence-electron chi connectivity index (χ0n) is 14.1. The molecule has 1 heterocycles. The number of hydrogen-bond donors (Lipinski definition) is 1. The molecule has 1 saturated heterocycles. The summed E-state index contributed by atoms with van der Waals surface area (Å²) in [5.74, 6) is 0.412. The van der Waals surface area contributed by atoms with Gasteiger partial charge in [0.05, 0.1) is 0 Å². The minimum Gasteiger partial charge on any atom is -0.484 e. The third-order valence-electron chi connectivity index (χ3n) is 4.15. The number of carbonyl (C=O) groups is 2. The standard InChI is InChI=1S/C20H22N2O3/c23-19(15-25-18-10-3-1-4-11-18)21-17-9-7-8-16(14-17)20(24)22-12-5-2-6-13-22/h1,3-4,7-11,14H,2,5-6,12-13,15H2,(H,21,23). The van der Waals surface area contributed by atoms with Crippen LogP contribution in [0.1, 0.15) is 29.6 Å². The molecule has 0 bridgehead atoms. The zero-order valence-corrected chi connectivity index (χ0v) is 14.1. The van der Waals surface area contributed by atoms with Crippen LogP contribution in [0, 0.1) is 0 Å². The summed E-state index contributed by atoms with van der Waals surface area (Å²) in [5.41, 5.74) is 1.20. The molecule has 2 aromatic carbocycles. The number of anilines is 1. The first-order valence-electron chi connectivity index (χ1n) is 8.59. The van der Waals surface area contributed by atoms with Crippen molar-refractivity contribution in [1.29, 1.82) is 0 Å². The summed E-state index contributed by atoms with van der Waals surface area (Å²) < 4.78 is 5.43. The Labute approximate surface area is 147 Å². The predicted molar refractivity (Wildman–Crippen MR) is 96.8 cm³/mol. The van der Waals surface area contributed by atoms with Gasteiger partial charge in [-0.1, -0.05) is 24.3 Å². The monoisotopic (exact) mass is 338 g/mol. The molecule has 0 spiro atoms. The fourth-order valence-electron chi connectivity index (χ4n) is 2.87. The SMILES string of the molecule is O=C(COc1ccccc1)Nc1cccc(C(=O)N2CCCCC2)c1. The minimum atomic E-state index is -0.258. The van der Waals surface area contributed by atoms with Gasteiger partial charge in [0.25, 0.3) is 11.8 Å². The zero-order chi connectivity index (χ0) is 17.5. The number of para-hydroxylation sites is 1. The summed E-state index contributed by atoms with van der Waals surface area (Å²) in [6, 6.07) is 16.2. The van der Waals surface area contributed by atoms with Gasteiger partial charge in [0.15, 0.2) is 6.61 Å². The average molecular weight is 338 g/mol. The summed E-state index contributed by atoms with van der Waals surface area (Å²) in [6.07, 6.45) is 3.29. The lowest BCUT2D eigenvalue weighted by molar-refractivity contribution is -0.118. The van der Waals surface area contributed by atoms with Crippen molar-refractivity contribution in [2.45, 2.75) is 19.3 Å². The highest BCUT2D eigenvalue weighted by molar-refractivity contribution is 5.97. The fraction of sp³-hybridized carbons (Fsp3) is 0.300. The normalized spacial score (nSPS) is 14.0. The summed E-state index contributed by atoms with van der Waals surface area (Å²) in [5, 5.41) is 2.78. The van der Waals surface area contributed by atoms with Gasteiger partial charge in [-0.2, -0.15) is 0 Å². The second-order valence-electron chi connectivity index (χ2n) is 6.08. The largest absolute Gasteiger partial charge is 0.484 e. The van der Waals surface area contributed by atoms with E-state index in [-0.39, 0.29) is 18.4 Å². The Morgan fingerprint density at radius 1 is 0.960 bits per heavy atom. The van der Waals surface area contributed by atoms with Gasteiger partial charge in [-0.05, 0) is 49.6 Å². The Morgan fingerprint density at radius 2 is 1.72 bits per heavy atom. The van der Waals surface area contributed by atoms with Crippen molar-refractivity contribution in [2.24, 2.45) is 0 Å². The highest BCUT2D eigenvalue weighted by atomic mass is 16.5. The molecule has 2 aromatic rings. The van der Waals surface area contributed by atoms with Crippen molar-refractivity contribution >= 4 is 17.5 Å². The van der Waals surface area contributed by atoms with Crippen LogP contribution >= 0.6 is 0 Å². The van der Waals surface area contributed by atoms with Crippen LogP contribution in [0.5, 0.6) is 5.75 Å².